The van der Waals surface area contributed by atoms with Crippen molar-refractivity contribution in [3.8, 4) is 0 Å². The fourth-order valence-electron chi connectivity index (χ4n) is 3.59. The molecule has 2 unspecified atom stereocenters. The number of carbonyl (C=O) groups is 2. The minimum atomic E-state index is -0.580. The summed E-state index contributed by atoms with van der Waals surface area (Å²) in [5, 5.41) is 3.09. The number of piperazine rings is 1. The molecule has 0 saturated carbocycles. The predicted molar refractivity (Wildman–Crippen MR) is 90.4 cm³/mol. The number of carbonyl (C=O) groups excluding carboxylic acids is 2. The van der Waals surface area contributed by atoms with Crippen LogP contribution < -0.4 is 5.32 Å². The standard InChI is InChI=1S/C18H25N3O3/c1-24-17(14-6-3-2-4-7-14)18(23)20-10-5-8-15(13-20)21-11-9-19-12-16(21)22/h2-4,6-7,15,17,19H,5,8-13H2,1H3. The molecule has 6 nitrogen and oxygen atoms in total. The Labute approximate surface area is 142 Å². The van der Waals surface area contributed by atoms with Crippen molar-refractivity contribution >= 4 is 11.8 Å². The molecule has 2 fully saturated rings. The zero-order chi connectivity index (χ0) is 16.9. The van der Waals surface area contributed by atoms with E-state index in [2.05, 4.69) is 5.32 Å². The third-order valence-corrected chi connectivity index (χ3v) is 4.84. The summed E-state index contributed by atoms with van der Waals surface area (Å²) < 4.78 is 5.47. The molecule has 3 rings (SSSR count). The molecule has 130 valence electrons. The Balaban J connectivity index is 1.69. The topological polar surface area (TPSA) is 61.9 Å². The smallest absolute Gasteiger partial charge is 0.256 e. The van der Waals surface area contributed by atoms with E-state index in [9.17, 15) is 9.59 Å². The van der Waals surface area contributed by atoms with Gasteiger partial charge in [0.2, 0.25) is 5.91 Å². The number of nitrogens with one attached hydrogen (secondary N) is 1. The second-order valence-electron chi connectivity index (χ2n) is 6.37. The van der Waals surface area contributed by atoms with Crippen molar-refractivity contribution in [2.75, 3.05) is 39.8 Å². The Morgan fingerprint density at radius 3 is 2.79 bits per heavy atom. The molecule has 1 aromatic carbocycles. The molecule has 1 aromatic rings. The van der Waals surface area contributed by atoms with Crippen LogP contribution in [0.15, 0.2) is 30.3 Å². The summed E-state index contributed by atoms with van der Waals surface area (Å²) in [6, 6.07) is 9.68. The van der Waals surface area contributed by atoms with Gasteiger partial charge in [-0.25, -0.2) is 0 Å². The van der Waals surface area contributed by atoms with Gasteiger partial charge in [-0.2, -0.15) is 0 Å². The van der Waals surface area contributed by atoms with Crippen molar-refractivity contribution < 1.29 is 14.3 Å². The number of hydrogen-bond acceptors (Lipinski definition) is 4. The van der Waals surface area contributed by atoms with Crippen LogP contribution in [0, 0.1) is 0 Å². The van der Waals surface area contributed by atoms with E-state index in [1.165, 1.54) is 0 Å². The molecule has 0 aliphatic carbocycles. The number of rotatable bonds is 4. The minimum absolute atomic E-state index is 0.0176. The van der Waals surface area contributed by atoms with Gasteiger partial charge in [-0.1, -0.05) is 30.3 Å². The van der Waals surface area contributed by atoms with E-state index in [4.69, 9.17) is 4.74 Å². The largest absolute Gasteiger partial charge is 0.367 e. The Morgan fingerprint density at radius 2 is 2.08 bits per heavy atom. The first-order valence-electron chi connectivity index (χ1n) is 8.57. The molecular weight excluding hydrogens is 306 g/mol. The van der Waals surface area contributed by atoms with Gasteiger partial charge < -0.3 is 19.9 Å². The molecule has 1 N–H and O–H groups in total. The summed E-state index contributed by atoms with van der Waals surface area (Å²) in [7, 11) is 1.57. The number of amides is 2. The summed E-state index contributed by atoms with van der Waals surface area (Å²) in [4.78, 5) is 28.8. The number of methoxy groups -OCH3 is 1. The van der Waals surface area contributed by atoms with Gasteiger partial charge in [0.1, 0.15) is 0 Å². The summed E-state index contributed by atoms with van der Waals surface area (Å²) >= 11 is 0. The molecule has 2 atom stereocenters. The summed E-state index contributed by atoms with van der Waals surface area (Å²) in [6.07, 6.45) is 1.29. The first kappa shape index (κ1) is 16.9. The Kier molecular flexibility index (Phi) is 5.48. The highest BCUT2D eigenvalue weighted by Gasteiger charge is 2.34. The zero-order valence-corrected chi connectivity index (χ0v) is 14.1. The zero-order valence-electron chi connectivity index (χ0n) is 14.1. The van der Waals surface area contributed by atoms with E-state index in [1.54, 1.807) is 7.11 Å². The molecule has 2 saturated heterocycles. The first-order chi connectivity index (χ1) is 11.7. The lowest BCUT2D eigenvalue weighted by Crippen LogP contribution is -2.58. The molecular formula is C18H25N3O3. The van der Waals surface area contributed by atoms with E-state index in [0.29, 0.717) is 13.1 Å². The highest BCUT2D eigenvalue weighted by atomic mass is 16.5. The highest BCUT2D eigenvalue weighted by Crippen LogP contribution is 2.23. The van der Waals surface area contributed by atoms with Gasteiger partial charge in [0.25, 0.3) is 5.91 Å². The van der Waals surface area contributed by atoms with Crippen LogP contribution in [0.2, 0.25) is 0 Å². The third-order valence-electron chi connectivity index (χ3n) is 4.84. The minimum Gasteiger partial charge on any atom is -0.367 e. The maximum absolute atomic E-state index is 12.9. The number of likely N-dealkylation sites (tertiary alicyclic amines) is 1. The van der Waals surface area contributed by atoms with Crippen molar-refractivity contribution in [2.24, 2.45) is 0 Å². The fraction of sp³-hybridized carbons (Fsp3) is 0.556. The molecule has 2 heterocycles. The van der Waals surface area contributed by atoms with Crippen LogP contribution in [0.5, 0.6) is 0 Å². The van der Waals surface area contributed by atoms with Crippen LogP contribution in [0.25, 0.3) is 0 Å². The van der Waals surface area contributed by atoms with Crippen molar-refractivity contribution in [2.45, 2.75) is 25.0 Å². The third kappa shape index (κ3) is 3.60. The van der Waals surface area contributed by atoms with Gasteiger partial charge in [-0.15, -0.1) is 0 Å². The van der Waals surface area contributed by atoms with E-state index < -0.39 is 6.10 Å². The maximum Gasteiger partial charge on any atom is 0.256 e. The molecule has 2 amide bonds. The maximum atomic E-state index is 12.9. The van der Waals surface area contributed by atoms with Crippen LogP contribution in [-0.2, 0) is 14.3 Å². The molecule has 0 radical (unpaired) electrons. The Morgan fingerprint density at radius 1 is 1.29 bits per heavy atom. The molecule has 2 aliphatic rings. The van der Waals surface area contributed by atoms with Crippen molar-refractivity contribution in [3.05, 3.63) is 35.9 Å². The summed E-state index contributed by atoms with van der Waals surface area (Å²) in [5.41, 5.74) is 0.866. The first-order valence-corrected chi connectivity index (χ1v) is 8.57. The van der Waals surface area contributed by atoms with Gasteiger partial charge in [0.15, 0.2) is 6.10 Å². The van der Waals surface area contributed by atoms with Gasteiger partial charge >= 0.3 is 0 Å². The average Bonchev–Trinajstić information content (AvgIpc) is 2.64. The highest BCUT2D eigenvalue weighted by molar-refractivity contribution is 5.83. The quantitative estimate of drug-likeness (QED) is 0.886. The summed E-state index contributed by atoms with van der Waals surface area (Å²) in [6.45, 7) is 3.26. The van der Waals surface area contributed by atoms with Crippen LogP contribution in [0.1, 0.15) is 24.5 Å². The van der Waals surface area contributed by atoms with E-state index >= 15 is 0 Å². The number of benzene rings is 1. The van der Waals surface area contributed by atoms with E-state index in [1.807, 2.05) is 40.1 Å². The van der Waals surface area contributed by atoms with Gasteiger partial charge in [-0.05, 0) is 18.4 Å². The second kappa shape index (κ2) is 7.77. The van der Waals surface area contributed by atoms with E-state index in [-0.39, 0.29) is 17.9 Å². The monoisotopic (exact) mass is 331 g/mol. The lowest BCUT2D eigenvalue weighted by atomic mass is 10.0. The van der Waals surface area contributed by atoms with Crippen molar-refractivity contribution in [1.29, 1.82) is 0 Å². The molecule has 0 bridgehead atoms. The lowest BCUT2D eigenvalue weighted by Gasteiger charge is -2.41. The van der Waals surface area contributed by atoms with Gasteiger partial charge in [0.05, 0.1) is 6.54 Å². The normalized spacial score (nSPS) is 23.2. The average molecular weight is 331 g/mol. The number of hydrogen-bond donors (Lipinski definition) is 1. The fourth-order valence-corrected chi connectivity index (χ4v) is 3.59. The molecule has 24 heavy (non-hydrogen) atoms. The lowest BCUT2D eigenvalue weighted by molar-refractivity contribution is -0.147. The van der Waals surface area contributed by atoms with Crippen molar-refractivity contribution in [1.82, 2.24) is 15.1 Å². The Bertz CT molecular complexity index is 578. The second-order valence-corrected chi connectivity index (χ2v) is 6.37. The molecule has 2 aliphatic heterocycles. The number of piperidine rings is 1. The molecule has 0 aromatic heterocycles. The number of nitrogens with zero attached hydrogens (tertiary/aromatic N) is 2. The molecule has 0 spiro atoms. The van der Waals surface area contributed by atoms with Crippen LogP contribution >= 0.6 is 0 Å². The Hall–Kier alpha value is -1.92. The SMILES string of the molecule is COC(C(=O)N1CCCC(N2CCNCC2=O)C1)c1ccccc1. The van der Waals surface area contributed by atoms with Gasteiger partial charge in [0, 0.05) is 39.3 Å². The number of ether oxygens (including phenoxy) is 1. The summed E-state index contributed by atoms with van der Waals surface area (Å²) in [5.74, 6) is 0.114. The van der Waals surface area contributed by atoms with Crippen molar-refractivity contribution in [3.63, 3.8) is 0 Å². The van der Waals surface area contributed by atoms with Crippen LogP contribution in [-0.4, -0.2) is 67.5 Å². The van der Waals surface area contributed by atoms with Gasteiger partial charge in [-0.3, -0.25) is 9.59 Å². The molecule has 6 heteroatoms. The predicted octanol–water partition coefficient (Wildman–Crippen LogP) is 0.797. The van der Waals surface area contributed by atoms with Crippen LogP contribution in [0.4, 0.5) is 0 Å². The van der Waals surface area contributed by atoms with Crippen LogP contribution in [0.3, 0.4) is 0 Å². The van der Waals surface area contributed by atoms with E-state index in [0.717, 1.165) is 38.0 Å².